The Bertz CT molecular complexity index is 991. The molecule has 3 aromatic rings. The van der Waals surface area contributed by atoms with Crippen LogP contribution in [0.2, 0.25) is 5.02 Å². The molecular formula is C19H16ClN3O3S. The Morgan fingerprint density at radius 2 is 2.07 bits per heavy atom. The Morgan fingerprint density at radius 3 is 2.78 bits per heavy atom. The third-order valence-electron chi connectivity index (χ3n) is 3.91. The van der Waals surface area contributed by atoms with E-state index in [0.717, 1.165) is 10.1 Å². The topological polar surface area (TPSA) is 86.3 Å². The third kappa shape index (κ3) is 4.48. The lowest BCUT2D eigenvalue weighted by atomic mass is 10.2. The first-order valence-corrected chi connectivity index (χ1v) is 9.42. The van der Waals surface area contributed by atoms with Gasteiger partial charge in [-0.3, -0.25) is 9.59 Å². The van der Waals surface area contributed by atoms with E-state index in [0.29, 0.717) is 15.7 Å². The number of furan rings is 1. The van der Waals surface area contributed by atoms with Gasteiger partial charge in [-0.2, -0.15) is 5.26 Å². The van der Waals surface area contributed by atoms with E-state index in [1.54, 1.807) is 12.1 Å². The number of rotatable bonds is 7. The number of nitrogens with zero attached hydrogens (tertiary/aromatic N) is 2. The number of hydrogen-bond acceptors (Lipinski definition) is 5. The fraction of sp³-hybridized carbons (Fsp3) is 0.211. The summed E-state index contributed by atoms with van der Waals surface area (Å²) in [5.74, 6) is -0.0832. The smallest absolute Gasteiger partial charge is 0.263 e. The number of halogens is 1. The molecule has 2 aromatic heterocycles. The summed E-state index contributed by atoms with van der Waals surface area (Å²) < 4.78 is 6.17. The van der Waals surface area contributed by atoms with Gasteiger partial charge in [0, 0.05) is 16.6 Å². The van der Waals surface area contributed by atoms with Crippen LogP contribution in [0.1, 0.15) is 21.9 Å². The molecule has 0 fully saturated rings. The predicted molar refractivity (Wildman–Crippen MR) is 104 cm³/mol. The second kappa shape index (κ2) is 8.71. The van der Waals surface area contributed by atoms with Crippen molar-refractivity contribution in [3.05, 3.63) is 58.3 Å². The molecule has 0 unspecified atom stereocenters. The normalized spacial score (nSPS) is 10.5. The SMILES string of the molecule is N#CCCN(Cc1ccco1)C(=O)CNC(=O)c1sc2ccccc2c1Cl. The van der Waals surface area contributed by atoms with Gasteiger partial charge in [0.1, 0.15) is 10.6 Å². The number of carbonyl (C=O) groups is 2. The minimum Gasteiger partial charge on any atom is -0.467 e. The Hall–Kier alpha value is -2.82. The van der Waals surface area contributed by atoms with Gasteiger partial charge in [-0.25, -0.2) is 0 Å². The number of nitrogens with one attached hydrogen (secondary N) is 1. The number of amides is 2. The van der Waals surface area contributed by atoms with Gasteiger partial charge in [0.15, 0.2) is 0 Å². The van der Waals surface area contributed by atoms with Crippen molar-refractivity contribution >= 4 is 44.8 Å². The van der Waals surface area contributed by atoms with Crippen molar-refractivity contribution in [3.8, 4) is 6.07 Å². The Labute approximate surface area is 164 Å². The Balaban J connectivity index is 1.65. The highest BCUT2D eigenvalue weighted by Crippen LogP contribution is 2.34. The minimum absolute atomic E-state index is 0.185. The van der Waals surface area contributed by atoms with Crippen LogP contribution in [0, 0.1) is 11.3 Å². The number of hydrogen-bond donors (Lipinski definition) is 1. The van der Waals surface area contributed by atoms with Crippen molar-refractivity contribution in [1.29, 1.82) is 5.26 Å². The van der Waals surface area contributed by atoms with Gasteiger partial charge in [0.2, 0.25) is 5.91 Å². The quantitative estimate of drug-likeness (QED) is 0.652. The summed E-state index contributed by atoms with van der Waals surface area (Å²) in [6, 6.07) is 13.0. The first kappa shape index (κ1) is 19.0. The van der Waals surface area contributed by atoms with E-state index in [4.69, 9.17) is 21.3 Å². The maximum atomic E-state index is 12.5. The summed E-state index contributed by atoms with van der Waals surface area (Å²) in [4.78, 5) is 26.8. The summed E-state index contributed by atoms with van der Waals surface area (Å²) in [5, 5.41) is 12.6. The zero-order valence-electron chi connectivity index (χ0n) is 14.3. The maximum Gasteiger partial charge on any atom is 0.263 e. The molecule has 0 aliphatic carbocycles. The monoisotopic (exact) mass is 401 g/mol. The van der Waals surface area contributed by atoms with Gasteiger partial charge in [-0.15, -0.1) is 11.3 Å². The lowest BCUT2D eigenvalue weighted by Gasteiger charge is -2.20. The Kier molecular flexibility index (Phi) is 6.12. The number of fused-ring (bicyclic) bond motifs is 1. The molecule has 0 bridgehead atoms. The number of thiophene rings is 1. The van der Waals surface area contributed by atoms with E-state index in [2.05, 4.69) is 5.32 Å². The number of nitriles is 1. The van der Waals surface area contributed by atoms with Crippen molar-refractivity contribution in [1.82, 2.24) is 10.2 Å². The molecule has 1 N–H and O–H groups in total. The van der Waals surface area contributed by atoms with Gasteiger partial charge in [0.05, 0.1) is 36.9 Å². The van der Waals surface area contributed by atoms with Gasteiger partial charge in [-0.05, 0) is 18.2 Å². The molecule has 6 nitrogen and oxygen atoms in total. The van der Waals surface area contributed by atoms with Gasteiger partial charge >= 0.3 is 0 Å². The minimum atomic E-state index is -0.396. The molecule has 2 amide bonds. The average Bonchev–Trinajstić information content (AvgIpc) is 3.31. The molecule has 0 spiro atoms. The van der Waals surface area contributed by atoms with Crippen LogP contribution in [-0.4, -0.2) is 29.8 Å². The molecule has 0 aliphatic heterocycles. The van der Waals surface area contributed by atoms with Crippen molar-refractivity contribution in [2.45, 2.75) is 13.0 Å². The molecular weight excluding hydrogens is 386 g/mol. The highest BCUT2D eigenvalue weighted by Gasteiger charge is 2.20. The van der Waals surface area contributed by atoms with Crippen LogP contribution >= 0.6 is 22.9 Å². The van der Waals surface area contributed by atoms with Gasteiger partial charge in [0.25, 0.3) is 5.91 Å². The summed E-state index contributed by atoms with van der Waals surface area (Å²) >= 11 is 7.58. The van der Waals surface area contributed by atoms with Crippen LogP contribution in [0.25, 0.3) is 10.1 Å². The Morgan fingerprint density at radius 1 is 1.26 bits per heavy atom. The molecule has 0 saturated carbocycles. The molecule has 138 valence electrons. The van der Waals surface area contributed by atoms with E-state index in [-0.39, 0.29) is 32.0 Å². The lowest BCUT2D eigenvalue weighted by Crippen LogP contribution is -2.40. The molecule has 3 rings (SSSR count). The van der Waals surface area contributed by atoms with Crippen molar-refractivity contribution in [2.75, 3.05) is 13.1 Å². The van der Waals surface area contributed by atoms with E-state index in [1.165, 1.54) is 22.5 Å². The molecule has 2 heterocycles. The molecule has 0 radical (unpaired) electrons. The van der Waals surface area contributed by atoms with Crippen molar-refractivity contribution in [2.24, 2.45) is 0 Å². The summed E-state index contributed by atoms with van der Waals surface area (Å²) in [6.45, 7) is 0.318. The van der Waals surface area contributed by atoms with E-state index < -0.39 is 5.91 Å². The molecule has 8 heteroatoms. The first-order valence-electron chi connectivity index (χ1n) is 8.22. The second-order valence-electron chi connectivity index (χ2n) is 5.73. The van der Waals surface area contributed by atoms with Crippen LogP contribution in [-0.2, 0) is 11.3 Å². The highest BCUT2D eigenvalue weighted by atomic mass is 35.5. The van der Waals surface area contributed by atoms with Crippen LogP contribution < -0.4 is 5.32 Å². The first-order chi connectivity index (χ1) is 13.1. The predicted octanol–water partition coefficient (Wildman–Crippen LogP) is 3.82. The molecule has 1 aromatic carbocycles. The zero-order chi connectivity index (χ0) is 19.2. The van der Waals surface area contributed by atoms with Crippen molar-refractivity contribution in [3.63, 3.8) is 0 Å². The molecule has 27 heavy (non-hydrogen) atoms. The molecule has 0 atom stereocenters. The van der Waals surface area contributed by atoms with E-state index in [1.807, 2.05) is 30.3 Å². The highest BCUT2D eigenvalue weighted by molar-refractivity contribution is 7.21. The fourth-order valence-corrected chi connectivity index (χ4v) is 4.01. The average molecular weight is 402 g/mol. The van der Waals surface area contributed by atoms with Gasteiger partial charge < -0.3 is 14.6 Å². The molecule has 0 aliphatic rings. The van der Waals surface area contributed by atoms with Gasteiger partial charge in [-0.1, -0.05) is 29.8 Å². The van der Waals surface area contributed by atoms with Crippen LogP contribution in [0.3, 0.4) is 0 Å². The largest absolute Gasteiger partial charge is 0.467 e. The molecule has 0 saturated heterocycles. The van der Waals surface area contributed by atoms with Crippen LogP contribution in [0.5, 0.6) is 0 Å². The summed E-state index contributed by atoms with van der Waals surface area (Å²) in [6.07, 6.45) is 1.72. The second-order valence-corrected chi connectivity index (χ2v) is 7.16. The van der Waals surface area contributed by atoms with Crippen molar-refractivity contribution < 1.29 is 14.0 Å². The third-order valence-corrected chi connectivity index (χ3v) is 5.59. The summed E-state index contributed by atoms with van der Waals surface area (Å²) in [5.41, 5.74) is 0. The van der Waals surface area contributed by atoms with E-state index in [9.17, 15) is 9.59 Å². The zero-order valence-corrected chi connectivity index (χ0v) is 15.8. The number of carbonyl (C=O) groups excluding carboxylic acids is 2. The fourth-order valence-electron chi connectivity index (χ4n) is 2.58. The lowest BCUT2D eigenvalue weighted by molar-refractivity contribution is -0.130. The maximum absolute atomic E-state index is 12.5. The van der Waals surface area contributed by atoms with Crippen LogP contribution in [0.15, 0.2) is 47.1 Å². The van der Waals surface area contributed by atoms with Crippen LogP contribution in [0.4, 0.5) is 0 Å². The number of benzene rings is 1. The van der Waals surface area contributed by atoms with E-state index >= 15 is 0 Å². The standard InChI is InChI=1S/C19H16ClN3O3S/c20-17-14-6-1-2-7-15(14)27-18(17)19(25)22-11-16(24)23(9-4-8-21)12-13-5-3-10-26-13/h1-3,5-7,10H,4,9,11-12H2,(H,22,25). The summed E-state index contributed by atoms with van der Waals surface area (Å²) in [7, 11) is 0.